The minimum atomic E-state index is -0.427. The highest BCUT2D eigenvalue weighted by Crippen LogP contribution is 2.35. The Morgan fingerprint density at radius 2 is 2.19 bits per heavy atom. The van der Waals surface area contributed by atoms with E-state index in [2.05, 4.69) is 43.2 Å². The number of anilines is 1. The Labute approximate surface area is 177 Å². The first-order chi connectivity index (χ1) is 15.1. The average molecular weight is 417 g/mol. The summed E-state index contributed by atoms with van der Waals surface area (Å²) < 4.78 is 18.1. The van der Waals surface area contributed by atoms with Gasteiger partial charge in [-0.2, -0.15) is 20.6 Å². The molecule has 0 saturated heterocycles. The molecule has 0 saturated carbocycles. The van der Waals surface area contributed by atoms with E-state index in [0.29, 0.717) is 30.8 Å². The molecule has 4 aromatic heterocycles. The van der Waals surface area contributed by atoms with Crippen LogP contribution >= 0.6 is 0 Å². The summed E-state index contributed by atoms with van der Waals surface area (Å²) in [6.45, 7) is 4.14. The number of hydrogen-bond acceptors (Lipinski definition) is 6. The van der Waals surface area contributed by atoms with Crippen LogP contribution < -0.4 is 10.2 Å². The van der Waals surface area contributed by atoms with Gasteiger partial charge in [-0.15, -0.1) is 0 Å². The van der Waals surface area contributed by atoms with E-state index in [1.165, 1.54) is 16.3 Å². The van der Waals surface area contributed by atoms with E-state index < -0.39 is 5.82 Å². The normalized spacial score (nSPS) is 20.5. The number of halogens is 1. The Morgan fingerprint density at radius 3 is 3.00 bits per heavy atom. The van der Waals surface area contributed by atoms with Gasteiger partial charge in [-0.25, -0.2) is 8.91 Å². The highest BCUT2D eigenvalue weighted by Gasteiger charge is 2.33. The summed E-state index contributed by atoms with van der Waals surface area (Å²) in [5.41, 5.74) is 5.91. The smallest absolute Gasteiger partial charge is 0.171 e. The number of nitriles is 1. The summed E-state index contributed by atoms with van der Waals surface area (Å²) >= 11 is 0. The van der Waals surface area contributed by atoms with Crippen LogP contribution in [0.2, 0.25) is 0 Å². The van der Waals surface area contributed by atoms with Crippen LogP contribution in [0.4, 0.5) is 10.1 Å². The zero-order chi connectivity index (χ0) is 21.1. The molecule has 2 atom stereocenters. The van der Waals surface area contributed by atoms with Crippen molar-refractivity contribution in [3.8, 4) is 6.07 Å². The lowest BCUT2D eigenvalue weighted by atomic mass is 9.96. The van der Waals surface area contributed by atoms with Crippen LogP contribution in [0.5, 0.6) is 0 Å². The third kappa shape index (κ3) is 2.67. The summed E-state index contributed by atoms with van der Waals surface area (Å²) in [6, 6.07) is 7.86. The molecule has 6 heterocycles. The fourth-order valence-electron chi connectivity index (χ4n) is 4.86. The topological polar surface area (TPSA) is 103 Å². The average Bonchev–Trinajstić information content (AvgIpc) is 3.52. The maximum atomic E-state index is 14.6. The molecular formula is C21H20FN9. The van der Waals surface area contributed by atoms with Crippen LogP contribution in [0.25, 0.3) is 5.52 Å². The van der Waals surface area contributed by atoms with Gasteiger partial charge in [-0.05, 0) is 31.5 Å². The molecule has 2 aliphatic heterocycles. The minimum Gasteiger partial charge on any atom is -0.362 e. The predicted octanol–water partition coefficient (Wildman–Crippen LogP) is 2.23. The van der Waals surface area contributed by atoms with Crippen molar-refractivity contribution in [1.82, 2.24) is 34.9 Å². The molecule has 9 nitrogen and oxygen atoms in total. The first-order valence-electron chi connectivity index (χ1n) is 10.3. The third-order valence-corrected chi connectivity index (χ3v) is 6.32. The highest BCUT2D eigenvalue weighted by atomic mass is 19.1. The van der Waals surface area contributed by atoms with Crippen molar-refractivity contribution in [3.63, 3.8) is 0 Å². The summed E-state index contributed by atoms with van der Waals surface area (Å²) in [4.78, 5) is 2.16. The number of hydrogen-bond donors (Lipinski definition) is 2. The Morgan fingerprint density at radius 1 is 1.29 bits per heavy atom. The van der Waals surface area contributed by atoms with E-state index in [-0.39, 0.29) is 12.1 Å². The number of fused-ring (bicyclic) bond motifs is 4. The first kappa shape index (κ1) is 18.1. The van der Waals surface area contributed by atoms with Crippen LogP contribution in [0.1, 0.15) is 47.3 Å². The van der Waals surface area contributed by atoms with Crippen LogP contribution in [0.3, 0.4) is 0 Å². The number of nitrogens with one attached hydrogen (secondary N) is 2. The number of rotatable bonds is 2. The molecule has 2 N–H and O–H groups in total. The van der Waals surface area contributed by atoms with Crippen LogP contribution in [-0.2, 0) is 19.5 Å². The molecule has 0 amide bonds. The van der Waals surface area contributed by atoms with Crippen molar-refractivity contribution in [3.05, 3.63) is 64.7 Å². The van der Waals surface area contributed by atoms with Crippen molar-refractivity contribution in [2.45, 2.75) is 38.5 Å². The predicted molar refractivity (Wildman–Crippen MR) is 110 cm³/mol. The lowest BCUT2D eigenvalue weighted by molar-refractivity contribution is 0.423. The van der Waals surface area contributed by atoms with Gasteiger partial charge >= 0.3 is 0 Å². The quantitative estimate of drug-likeness (QED) is 0.519. The minimum absolute atomic E-state index is 0.127. The van der Waals surface area contributed by atoms with Crippen molar-refractivity contribution in [1.29, 1.82) is 5.26 Å². The molecule has 6 rings (SSSR count). The molecule has 0 aromatic carbocycles. The number of pyridine rings is 1. The van der Waals surface area contributed by atoms with Crippen molar-refractivity contribution in [2.24, 2.45) is 0 Å². The molecule has 0 radical (unpaired) electrons. The lowest BCUT2D eigenvalue weighted by Gasteiger charge is -2.35. The summed E-state index contributed by atoms with van der Waals surface area (Å²) in [7, 11) is 0. The zero-order valence-corrected chi connectivity index (χ0v) is 16.9. The van der Waals surface area contributed by atoms with Crippen LogP contribution in [0, 0.1) is 17.1 Å². The molecule has 10 heteroatoms. The standard InChI is InChI=1S/C21H20FN9/c1-12-10-29(19-3-2-13(7-23)31-21(19)15(22)8-26-31)11-20-14-6-17(16-4-5-25-27-16)24-9-18(14)28-30(12)20/h2-5,8,12,17,24H,6,9-11H2,1H3,(H,25,27)/t12-,17?/m1/s1. The van der Waals surface area contributed by atoms with Crippen LogP contribution in [0.15, 0.2) is 30.6 Å². The van der Waals surface area contributed by atoms with Gasteiger partial charge < -0.3 is 10.2 Å². The van der Waals surface area contributed by atoms with Gasteiger partial charge in [0.1, 0.15) is 17.3 Å². The van der Waals surface area contributed by atoms with Crippen molar-refractivity contribution >= 4 is 11.2 Å². The van der Waals surface area contributed by atoms with Crippen LogP contribution in [-0.4, -0.2) is 36.1 Å². The number of H-pyrrole nitrogens is 1. The summed E-state index contributed by atoms with van der Waals surface area (Å²) in [5, 5.41) is 29.0. The maximum Gasteiger partial charge on any atom is 0.171 e. The summed E-state index contributed by atoms with van der Waals surface area (Å²) in [6.07, 6.45) is 3.75. The molecule has 0 spiro atoms. The maximum absolute atomic E-state index is 14.6. The van der Waals surface area contributed by atoms with Gasteiger partial charge in [-0.1, -0.05) is 0 Å². The second kappa shape index (κ2) is 6.65. The SMILES string of the molecule is C[C@@H]1CN(c2ccc(C#N)n3ncc(F)c23)Cc2c3c(nn21)CNC(c1ccn[nH]1)C3. The monoisotopic (exact) mass is 417 g/mol. The van der Waals surface area contributed by atoms with E-state index in [1.807, 2.05) is 12.1 Å². The second-order valence-electron chi connectivity index (χ2n) is 8.16. The van der Waals surface area contributed by atoms with Crippen molar-refractivity contribution < 1.29 is 4.39 Å². The Kier molecular flexibility index (Phi) is 3.88. The van der Waals surface area contributed by atoms with Gasteiger partial charge in [0.25, 0.3) is 0 Å². The number of nitrogens with zero attached hydrogens (tertiary/aromatic N) is 7. The largest absolute Gasteiger partial charge is 0.362 e. The number of aromatic nitrogens is 6. The second-order valence-corrected chi connectivity index (χ2v) is 8.16. The molecule has 0 fully saturated rings. The fraction of sp³-hybridized carbons (Fsp3) is 0.333. The number of aromatic amines is 1. The lowest BCUT2D eigenvalue weighted by Crippen LogP contribution is -2.37. The third-order valence-electron chi connectivity index (χ3n) is 6.32. The van der Waals surface area contributed by atoms with E-state index in [4.69, 9.17) is 5.10 Å². The summed E-state index contributed by atoms with van der Waals surface area (Å²) in [5.74, 6) is -0.427. The van der Waals surface area contributed by atoms with Gasteiger partial charge in [0.2, 0.25) is 0 Å². The Balaban J connectivity index is 1.41. The van der Waals surface area contributed by atoms with Gasteiger partial charge in [0.05, 0.1) is 47.6 Å². The zero-order valence-electron chi connectivity index (χ0n) is 16.9. The van der Waals surface area contributed by atoms with E-state index in [0.717, 1.165) is 29.2 Å². The van der Waals surface area contributed by atoms with E-state index in [9.17, 15) is 9.65 Å². The molecule has 1 unspecified atom stereocenters. The van der Waals surface area contributed by atoms with E-state index in [1.54, 1.807) is 12.3 Å². The highest BCUT2D eigenvalue weighted by molar-refractivity contribution is 5.75. The molecule has 2 aliphatic rings. The van der Waals surface area contributed by atoms with Gasteiger partial charge in [-0.3, -0.25) is 9.78 Å². The molecule has 31 heavy (non-hydrogen) atoms. The molecular weight excluding hydrogens is 397 g/mol. The molecule has 4 aromatic rings. The van der Waals surface area contributed by atoms with Gasteiger partial charge in [0, 0.05) is 24.8 Å². The van der Waals surface area contributed by atoms with Crippen molar-refractivity contribution in [2.75, 3.05) is 11.4 Å². The molecule has 156 valence electrons. The Hall–Kier alpha value is -3.71. The molecule has 0 bridgehead atoms. The van der Waals surface area contributed by atoms with Gasteiger partial charge in [0.15, 0.2) is 5.82 Å². The fourth-order valence-corrected chi connectivity index (χ4v) is 4.86. The molecule has 0 aliphatic carbocycles. The van der Waals surface area contributed by atoms with E-state index >= 15 is 0 Å². The first-order valence-corrected chi connectivity index (χ1v) is 10.3. The Bertz CT molecular complexity index is 1330.